The predicted molar refractivity (Wildman–Crippen MR) is 83.0 cm³/mol. The Kier molecular flexibility index (Phi) is 3.49. The monoisotopic (exact) mass is 286 g/mol. The first-order chi connectivity index (χ1) is 9.99. The van der Waals surface area contributed by atoms with Gasteiger partial charge in [-0.15, -0.1) is 0 Å². The lowest BCUT2D eigenvalue weighted by Crippen LogP contribution is -2.65. The molecule has 112 valence electrons. The van der Waals surface area contributed by atoms with Gasteiger partial charge in [0.2, 0.25) is 5.91 Å². The summed E-state index contributed by atoms with van der Waals surface area (Å²) in [6.07, 6.45) is 3.22. The molecular weight excluding hydrogens is 264 g/mol. The fourth-order valence-corrected chi connectivity index (χ4v) is 2.89. The Morgan fingerprint density at radius 3 is 2.81 bits per heavy atom. The van der Waals surface area contributed by atoms with E-state index in [2.05, 4.69) is 11.1 Å². The molecule has 21 heavy (non-hydrogen) atoms. The number of likely N-dealkylation sites (tertiary alicyclic amines) is 1. The van der Waals surface area contributed by atoms with Crippen LogP contribution in [0.1, 0.15) is 25.8 Å². The van der Waals surface area contributed by atoms with Crippen LogP contribution in [0.5, 0.6) is 0 Å². The number of β-amino-alcohol motifs (C(OH)–C–C–N with tert-alkyl or cyclic N) is 1. The number of hydrogen-bond donors (Lipinski definition) is 2. The SMILES string of the molecule is CC(C)C1(O)CN(C(=O)CCc2c[nH]c3ccccc23)C1. The van der Waals surface area contributed by atoms with E-state index in [4.69, 9.17) is 0 Å². The highest BCUT2D eigenvalue weighted by Gasteiger charge is 2.45. The maximum atomic E-state index is 12.2. The summed E-state index contributed by atoms with van der Waals surface area (Å²) >= 11 is 0. The number of rotatable bonds is 4. The van der Waals surface area contributed by atoms with Gasteiger partial charge in [-0.3, -0.25) is 4.79 Å². The molecule has 0 atom stereocenters. The number of carbonyl (C=O) groups is 1. The molecule has 3 rings (SSSR count). The van der Waals surface area contributed by atoms with Gasteiger partial charge in [-0.05, 0) is 24.0 Å². The second-order valence-electron chi connectivity index (χ2n) is 6.37. The summed E-state index contributed by atoms with van der Waals surface area (Å²) < 4.78 is 0. The molecule has 0 saturated carbocycles. The van der Waals surface area contributed by atoms with E-state index < -0.39 is 5.60 Å². The smallest absolute Gasteiger partial charge is 0.223 e. The van der Waals surface area contributed by atoms with Crippen LogP contribution in [0.3, 0.4) is 0 Å². The molecule has 1 aromatic heterocycles. The maximum absolute atomic E-state index is 12.2. The van der Waals surface area contributed by atoms with Crippen LogP contribution in [0.4, 0.5) is 0 Å². The number of hydrogen-bond acceptors (Lipinski definition) is 2. The van der Waals surface area contributed by atoms with E-state index in [0.29, 0.717) is 19.5 Å². The van der Waals surface area contributed by atoms with E-state index in [1.807, 2.05) is 38.2 Å². The first kappa shape index (κ1) is 14.1. The molecule has 1 fully saturated rings. The van der Waals surface area contributed by atoms with Crippen LogP contribution in [0.15, 0.2) is 30.5 Å². The molecule has 1 aromatic carbocycles. The molecule has 2 heterocycles. The van der Waals surface area contributed by atoms with Crippen LogP contribution in [0.2, 0.25) is 0 Å². The van der Waals surface area contributed by atoms with Crippen molar-refractivity contribution >= 4 is 16.8 Å². The number of fused-ring (bicyclic) bond motifs is 1. The van der Waals surface area contributed by atoms with Crippen molar-refractivity contribution in [2.24, 2.45) is 5.92 Å². The summed E-state index contributed by atoms with van der Waals surface area (Å²) in [5, 5.41) is 11.4. The van der Waals surface area contributed by atoms with Crippen LogP contribution in [0.25, 0.3) is 10.9 Å². The first-order valence-corrected chi connectivity index (χ1v) is 7.55. The standard InChI is InChI=1S/C17H22N2O2/c1-12(2)17(21)10-19(11-17)16(20)8-7-13-9-18-15-6-4-3-5-14(13)15/h3-6,9,12,18,21H,7-8,10-11H2,1-2H3. The molecule has 0 bridgehead atoms. The fourth-order valence-electron chi connectivity index (χ4n) is 2.89. The number of aromatic amines is 1. The van der Waals surface area contributed by atoms with Gasteiger partial charge in [0.15, 0.2) is 0 Å². The lowest BCUT2D eigenvalue weighted by atomic mass is 9.83. The summed E-state index contributed by atoms with van der Waals surface area (Å²) in [6, 6.07) is 8.13. The zero-order valence-electron chi connectivity index (χ0n) is 12.6. The van der Waals surface area contributed by atoms with E-state index in [0.717, 1.165) is 11.9 Å². The number of aryl methyl sites for hydroxylation is 1. The van der Waals surface area contributed by atoms with Gasteiger partial charge in [0.1, 0.15) is 5.60 Å². The van der Waals surface area contributed by atoms with E-state index >= 15 is 0 Å². The normalized spacial score (nSPS) is 17.2. The van der Waals surface area contributed by atoms with Crippen LogP contribution < -0.4 is 0 Å². The molecule has 1 aliphatic rings. The summed E-state index contributed by atoms with van der Waals surface area (Å²) in [6.45, 7) is 4.93. The molecule has 0 radical (unpaired) electrons. The minimum absolute atomic E-state index is 0.130. The summed E-state index contributed by atoms with van der Waals surface area (Å²) in [7, 11) is 0. The topological polar surface area (TPSA) is 56.3 Å². The van der Waals surface area contributed by atoms with Crippen LogP contribution in [-0.2, 0) is 11.2 Å². The number of benzene rings is 1. The van der Waals surface area contributed by atoms with E-state index in [1.54, 1.807) is 4.90 Å². The first-order valence-electron chi connectivity index (χ1n) is 7.55. The molecule has 1 aliphatic heterocycles. The number of aromatic nitrogens is 1. The third-order valence-electron chi connectivity index (χ3n) is 4.64. The fraction of sp³-hybridized carbons (Fsp3) is 0.471. The quantitative estimate of drug-likeness (QED) is 0.906. The van der Waals surface area contributed by atoms with Crippen LogP contribution in [-0.4, -0.2) is 39.6 Å². The summed E-state index contributed by atoms with van der Waals surface area (Å²) in [5.74, 6) is 0.320. The van der Waals surface area contributed by atoms with Crippen LogP contribution in [0, 0.1) is 5.92 Å². The Hall–Kier alpha value is -1.81. The minimum atomic E-state index is -0.684. The van der Waals surface area contributed by atoms with Crippen LogP contribution >= 0.6 is 0 Å². The van der Waals surface area contributed by atoms with Gasteiger partial charge in [-0.25, -0.2) is 0 Å². The number of amides is 1. The van der Waals surface area contributed by atoms with Gasteiger partial charge in [-0.1, -0.05) is 32.0 Å². The van der Waals surface area contributed by atoms with Crippen molar-refractivity contribution in [1.29, 1.82) is 0 Å². The number of nitrogens with one attached hydrogen (secondary N) is 1. The molecule has 0 spiro atoms. The van der Waals surface area contributed by atoms with Crippen molar-refractivity contribution in [1.82, 2.24) is 9.88 Å². The van der Waals surface area contributed by atoms with Gasteiger partial charge >= 0.3 is 0 Å². The average molecular weight is 286 g/mol. The zero-order valence-corrected chi connectivity index (χ0v) is 12.6. The number of para-hydroxylation sites is 1. The third kappa shape index (κ3) is 2.56. The number of carbonyl (C=O) groups excluding carboxylic acids is 1. The zero-order chi connectivity index (χ0) is 15.0. The second-order valence-corrected chi connectivity index (χ2v) is 6.37. The summed E-state index contributed by atoms with van der Waals surface area (Å²) in [5.41, 5.74) is 1.60. The Balaban J connectivity index is 1.58. The lowest BCUT2D eigenvalue weighted by Gasteiger charge is -2.49. The highest BCUT2D eigenvalue weighted by atomic mass is 16.3. The largest absolute Gasteiger partial charge is 0.386 e. The minimum Gasteiger partial charge on any atom is -0.386 e. The summed E-state index contributed by atoms with van der Waals surface area (Å²) in [4.78, 5) is 17.2. The van der Waals surface area contributed by atoms with E-state index in [9.17, 15) is 9.90 Å². The molecule has 1 amide bonds. The van der Waals surface area contributed by atoms with Crippen molar-refractivity contribution in [2.45, 2.75) is 32.3 Å². The molecule has 4 nitrogen and oxygen atoms in total. The van der Waals surface area contributed by atoms with Crippen molar-refractivity contribution < 1.29 is 9.90 Å². The number of nitrogens with zero attached hydrogens (tertiary/aromatic N) is 1. The van der Waals surface area contributed by atoms with Gasteiger partial charge in [-0.2, -0.15) is 0 Å². The van der Waals surface area contributed by atoms with Gasteiger partial charge in [0.05, 0.1) is 13.1 Å². The predicted octanol–water partition coefficient (Wildman–Crippen LogP) is 2.33. The van der Waals surface area contributed by atoms with Crippen molar-refractivity contribution in [3.63, 3.8) is 0 Å². The molecular formula is C17H22N2O2. The van der Waals surface area contributed by atoms with Gasteiger partial charge < -0.3 is 15.0 Å². The molecule has 4 heteroatoms. The third-order valence-corrected chi connectivity index (χ3v) is 4.64. The highest BCUT2D eigenvalue weighted by Crippen LogP contribution is 2.29. The Bertz CT molecular complexity index is 654. The van der Waals surface area contributed by atoms with Crippen molar-refractivity contribution in [2.75, 3.05) is 13.1 Å². The highest BCUT2D eigenvalue weighted by molar-refractivity contribution is 5.84. The van der Waals surface area contributed by atoms with Gasteiger partial charge in [0, 0.05) is 23.5 Å². The molecule has 0 unspecified atom stereocenters. The Morgan fingerprint density at radius 2 is 2.10 bits per heavy atom. The number of H-pyrrole nitrogens is 1. The van der Waals surface area contributed by atoms with E-state index in [1.165, 1.54) is 10.9 Å². The molecule has 2 N–H and O–H groups in total. The second kappa shape index (κ2) is 5.19. The van der Waals surface area contributed by atoms with E-state index in [-0.39, 0.29) is 11.8 Å². The maximum Gasteiger partial charge on any atom is 0.223 e. The number of aliphatic hydroxyl groups is 1. The van der Waals surface area contributed by atoms with Crippen molar-refractivity contribution in [3.8, 4) is 0 Å². The van der Waals surface area contributed by atoms with Gasteiger partial charge in [0.25, 0.3) is 0 Å². The lowest BCUT2D eigenvalue weighted by molar-refractivity contribution is -0.163. The Labute approximate surface area is 124 Å². The van der Waals surface area contributed by atoms with Crippen molar-refractivity contribution in [3.05, 3.63) is 36.0 Å². The molecule has 0 aliphatic carbocycles. The Morgan fingerprint density at radius 1 is 1.38 bits per heavy atom. The molecule has 2 aromatic rings. The molecule has 1 saturated heterocycles. The average Bonchev–Trinajstić information content (AvgIpc) is 2.84.